The minimum atomic E-state index is 0.584. The normalized spacial score (nSPS) is 9.70. The van der Waals surface area contributed by atoms with E-state index in [-0.39, 0.29) is 0 Å². The number of rotatable bonds is 3. The summed E-state index contributed by atoms with van der Waals surface area (Å²) >= 11 is 0. The quantitative estimate of drug-likeness (QED) is 0.595. The zero-order valence-electron chi connectivity index (χ0n) is 5.96. The largest absolute Gasteiger partial charge is 0.469 e. The summed E-state index contributed by atoms with van der Waals surface area (Å²) in [5.74, 6) is 0.918. The fourth-order valence-electron chi connectivity index (χ4n) is 0.885. The zero-order chi connectivity index (χ0) is 7.40. The Labute approximate surface area is 59.8 Å². The summed E-state index contributed by atoms with van der Waals surface area (Å²) in [6, 6.07) is 1.90. The Bertz CT molecular complexity index is 213. The highest BCUT2D eigenvalue weighted by Crippen LogP contribution is 2.09. The molecule has 2 nitrogen and oxygen atoms in total. The Hall–Kier alpha value is -1.05. The van der Waals surface area contributed by atoms with Gasteiger partial charge in [-0.05, 0) is 25.0 Å². The fraction of sp³-hybridized carbons (Fsp3) is 0.375. The van der Waals surface area contributed by atoms with Gasteiger partial charge in [0.05, 0.1) is 6.26 Å². The zero-order valence-corrected chi connectivity index (χ0v) is 5.96. The first-order valence-corrected chi connectivity index (χ1v) is 3.31. The van der Waals surface area contributed by atoms with Crippen molar-refractivity contribution in [2.75, 3.05) is 0 Å². The molecule has 2 heteroatoms. The van der Waals surface area contributed by atoms with Crippen molar-refractivity contribution in [3.63, 3.8) is 0 Å². The molecule has 0 radical (unpaired) electrons. The Morgan fingerprint density at radius 2 is 2.50 bits per heavy atom. The van der Waals surface area contributed by atoms with E-state index in [2.05, 4.69) is 0 Å². The van der Waals surface area contributed by atoms with Gasteiger partial charge in [-0.15, -0.1) is 0 Å². The third-order valence-electron chi connectivity index (χ3n) is 1.50. The van der Waals surface area contributed by atoms with Crippen molar-refractivity contribution in [1.29, 1.82) is 0 Å². The van der Waals surface area contributed by atoms with Crippen molar-refractivity contribution in [2.45, 2.75) is 19.8 Å². The predicted octanol–water partition coefficient (Wildman–Crippen LogP) is 1.72. The lowest BCUT2D eigenvalue weighted by atomic mass is 10.1. The van der Waals surface area contributed by atoms with Gasteiger partial charge in [-0.1, -0.05) is 0 Å². The standard InChI is InChI=1S/C8H10O2/c1-7-8(3-2-5-9)4-6-10-7/h4-6H,2-3H2,1H3. The maximum Gasteiger partial charge on any atom is 0.120 e. The lowest BCUT2D eigenvalue weighted by Crippen LogP contribution is -1.84. The van der Waals surface area contributed by atoms with Crippen LogP contribution in [0.1, 0.15) is 17.7 Å². The molecule has 0 aliphatic heterocycles. The van der Waals surface area contributed by atoms with Crippen molar-refractivity contribution in [3.8, 4) is 0 Å². The average molecular weight is 138 g/mol. The molecule has 0 aromatic carbocycles. The van der Waals surface area contributed by atoms with Gasteiger partial charge in [0.1, 0.15) is 12.0 Å². The lowest BCUT2D eigenvalue weighted by Gasteiger charge is -1.90. The van der Waals surface area contributed by atoms with Crippen LogP contribution in [-0.2, 0) is 11.2 Å². The molecule has 0 saturated carbocycles. The highest BCUT2D eigenvalue weighted by molar-refractivity contribution is 5.50. The molecule has 1 heterocycles. The molecule has 0 N–H and O–H groups in total. The second-order valence-corrected chi connectivity index (χ2v) is 2.21. The van der Waals surface area contributed by atoms with Gasteiger partial charge in [0.2, 0.25) is 0 Å². The van der Waals surface area contributed by atoms with Crippen LogP contribution in [0.5, 0.6) is 0 Å². The number of carbonyl (C=O) groups is 1. The minimum absolute atomic E-state index is 0.584. The van der Waals surface area contributed by atoms with Gasteiger partial charge >= 0.3 is 0 Å². The van der Waals surface area contributed by atoms with Gasteiger partial charge < -0.3 is 9.21 Å². The monoisotopic (exact) mass is 138 g/mol. The number of aryl methyl sites for hydroxylation is 2. The van der Waals surface area contributed by atoms with Gasteiger partial charge in [0, 0.05) is 6.42 Å². The summed E-state index contributed by atoms with van der Waals surface area (Å²) in [5, 5.41) is 0. The Kier molecular flexibility index (Phi) is 2.26. The fourth-order valence-corrected chi connectivity index (χ4v) is 0.885. The number of carbonyl (C=O) groups excluding carboxylic acids is 1. The smallest absolute Gasteiger partial charge is 0.120 e. The molecule has 1 rings (SSSR count). The molecule has 1 aromatic heterocycles. The molecule has 0 saturated heterocycles. The van der Waals surface area contributed by atoms with Crippen LogP contribution >= 0.6 is 0 Å². The number of furan rings is 1. The molecule has 0 amide bonds. The highest BCUT2D eigenvalue weighted by Gasteiger charge is 1.98. The maximum atomic E-state index is 9.98. The third-order valence-corrected chi connectivity index (χ3v) is 1.50. The van der Waals surface area contributed by atoms with Gasteiger partial charge in [0.25, 0.3) is 0 Å². The maximum absolute atomic E-state index is 9.98. The first kappa shape index (κ1) is 7.06. The topological polar surface area (TPSA) is 30.2 Å². The lowest BCUT2D eigenvalue weighted by molar-refractivity contribution is -0.107. The van der Waals surface area contributed by atoms with E-state index in [1.54, 1.807) is 6.26 Å². The summed E-state index contributed by atoms with van der Waals surface area (Å²) in [7, 11) is 0. The number of hydrogen-bond acceptors (Lipinski definition) is 2. The van der Waals surface area contributed by atoms with E-state index in [0.29, 0.717) is 6.42 Å². The summed E-state index contributed by atoms with van der Waals surface area (Å²) in [5.41, 5.74) is 1.13. The number of hydrogen-bond donors (Lipinski definition) is 0. The van der Waals surface area contributed by atoms with Crippen LogP contribution < -0.4 is 0 Å². The molecule has 1 aromatic rings. The van der Waals surface area contributed by atoms with Crippen LogP contribution in [0.2, 0.25) is 0 Å². The summed E-state index contributed by atoms with van der Waals surface area (Å²) in [6.45, 7) is 1.90. The van der Waals surface area contributed by atoms with E-state index < -0.39 is 0 Å². The second-order valence-electron chi connectivity index (χ2n) is 2.21. The van der Waals surface area contributed by atoms with Crippen LogP contribution in [-0.4, -0.2) is 6.29 Å². The molecule has 0 aliphatic rings. The summed E-state index contributed by atoms with van der Waals surface area (Å²) in [4.78, 5) is 9.98. The van der Waals surface area contributed by atoms with Crippen LogP contribution in [0.4, 0.5) is 0 Å². The van der Waals surface area contributed by atoms with E-state index in [1.807, 2.05) is 13.0 Å². The first-order chi connectivity index (χ1) is 4.84. The minimum Gasteiger partial charge on any atom is -0.469 e. The van der Waals surface area contributed by atoms with Crippen molar-refractivity contribution >= 4 is 6.29 Å². The van der Waals surface area contributed by atoms with Crippen molar-refractivity contribution < 1.29 is 9.21 Å². The second kappa shape index (κ2) is 3.20. The first-order valence-electron chi connectivity index (χ1n) is 3.31. The van der Waals surface area contributed by atoms with Crippen molar-refractivity contribution in [3.05, 3.63) is 23.7 Å². The van der Waals surface area contributed by atoms with Gasteiger partial charge in [-0.2, -0.15) is 0 Å². The van der Waals surface area contributed by atoms with Gasteiger partial charge in [0.15, 0.2) is 0 Å². The van der Waals surface area contributed by atoms with Crippen LogP contribution in [0.3, 0.4) is 0 Å². The molecule has 10 heavy (non-hydrogen) atoms. The van der Waals surface area contributed by atoms with Crippen LogP contribution in [0, 0.1) is 6.92 Å². The molecular formula is C8H10O2. The van der Waals surface area contributed by atoms with Crippen molar-refractivity contribution in [2.24, 2.45) is 0 Å². The molecule has 0 fully saturated rings. The van der Waals surface area contributed by atoms with Gasteiger partial charge in [-0.25, -0.2) is 0 Å². The molecule has 0 bridgehead atoms. The molecule has 0 aliphatic carbocycles. The highest BCUT2D eigenvalue weighted by atomic mass is 16.3. The van der Waals surface area contributed by atoms with E-state index in [0.717, 1.165) is 24.0 Å². The SMILES string of the molecule is Cc1occc1CCC=O. The molecule has 54 valence electrons. The van der Waals surface area contributed by atoms with Gasteiger partial charge in [-0.3, -0.25) is 0 Å². The van der Waals surface area contributed by atoms with Crippen LogP contribution in [0.25, 0.3) is 0 Å². The molecule has 0 atom stereocenters. The summed E-state index contributed by atoms with van der Waals surface area (Å²) in [6.07, 6.45) is 3.95. The molecular weight excluding hydrogens is 128 g/mol. The summed E-state index contributed by atoms with van der Waals surface area (Å²) < 4.78 is 5.05. The van der Waals surface area contributed by atoms with E-state index in [1.165, 1.54) is 0 Å². The van der Waals surface area contributed by atoms with Crippen molar-refractivity contribution in [1.82, 2.24) is 0 Å². The molecule has 0 spiro atoms. The predicted molar refractivity (Wildman–Crippen MR) is 37.8 cm³/mol. The van der Waals surface area contributed by atoms with E-state index in [4.69, 9.17) is 4.42 Å². The van der Waals surface area contributed by atoms with E-state index in [9.17, 15) is 4.79 Å². The van der Waals surface area contributed by atoms with Crippen LogP contribution in [0.15, 0.2) is 16.7 Å². The van der Waals surface area contributed by atoms with E-state index >= 15 is 0 Å². The Morgan fingerprint density at radius 3 is 3.00 bits per heavy atom. The Balaban J connectivity index is 2.56. The Morgan fingerprint density at radius 1 is 1.70 bits per heavy atom. The molecule has 0 unspecified atom stereocenters. The number of aldehydes is 1. The third kappa shape index (κ3) is 1.47. The average Bonchev–Trinajstić information content (AvgIpc) is 2.31.